The Bertz CT molecular complexity index is 431. The molecule has 0 spiro atoms. The Balaban J connectivity index is 3.04. The molecule has 0 bridgehead atoms. The maximum atomic E-state index is 12.8. The normalized spacial score (nSPS) is 15.3. The van der Waals surface area contributed by atoms with Gasteiger partial charge in [0.05, 0.1) is 18.5 Å². The molecule has 0 saturated carbocycles. The van der Waals surface area contributed by atoms with Gasteiger partial charge in [-0.2, -0.15) is 0 Å². The largest absolute Gasteiger partial charge is 0.411 e. The van der Waals surface area contributed by atoms with Crippen molar-refractivity contribution in [1.82, 2.24) is 0 Å². The lowest BCUT2D eigenvalue weighted by Gasteiger charge is -2.19. The van der Waals surface area contributed by atoms with E-state index in [4.69, 9.17) is 9.73 Å². The summed E-state index contributed by atoms with van der Waals surface area (Å²) in [4.78, 5) is 0. The quantitative estimate of drug-likeness (QED) is 0.382. The second-order valence-electron chi connectivity index (χ2n) is 3.78. The molecule has 0 saturated heterocycles. The molecule has 17 heavy (non-hydrogen) atoms. The van der Waals surface area contributed by atoms with Gasteiger partial charge in [-0.15, -0.1) is 5.16 Å². The van der Waals surface area contributed by atoms with Crippen molar-refractivity contribution in [3.8, 4) is 0 Å². The van der Waals surface area contributed by atoms with Crippen LogP contribution >= 0.6 is 7.37 Å². The maximum Gasteiger partial charge on any atom is 0.237 e. The molecule has 1 N–H and O–H groups in total. The van der Waals surface area contributed by atoms with Crippen molar-refractivity contribution in [2.75, 3.05) is 6.16 Å². The first-order valence-electron chi connectivity index (χ1n) is 5.17. The number of halogens is 1. The predicted octanol–water partition coefficient (Wildman–Crippen LogP) is 2.61. The SMILES string of the molecule is CC(C)OP(=O)(C/C=N\O)c1ccc(F)cc1. The second-order valence-corrected chi connectivity index (χ2v) is 6.22. The molecular weight excluding hydrogens is 244 g/mol. The van der Waals surface area contributed by atoms with Gasteiger partial charge in [0.1, 0.15) is 5.82 Å². The van der Waals surface area contributed by atoms with Crippen LogP contribution in [-0.2, 0) is 9.09 Å². The van der Waals surface area contributed by atoms with Crippen LogP contribution in [0.15, 0.2) is 29.4 Å². The average Bonchev–Trinajstić information content (AvgIpc) is 2.26. The van der Waals surface area contributed by atoms with Gasteiger partial charge in [-0.25, -0.2) is 4.39 Å². The van der Waals surface area contributed by atoms with Crippen LogP contribution in [0.3, 0.4) is 0 Å². The lowest BCUT2D eigenvalue weighted by molar-refractivity contribution is 0.250. The molecule has 0 aliphatic rings. The van der Waals surface area contributed by atoms with Crippen LogP contribution in [0.4, 0.5) is 4.39 Å². The van der Waals surface area contributed by atoms with Crippen LogP contribution in [0.5, 0.6) is 0 Å². The van der Waals surface area contributed by atoms with Gasteiger partial charge >= 0.3 is 0 Å². The van der Waals surface area contributed by atoms with Crippen LogP contribution in [-0.4, -0.2) is 23.7 Å². The second kappa shape index (κ2) is 5.94. The topological polar surface area (TPSA) is 58.9 Å². The Kier molecular flexibility index (Phi) is 4.85. The molecule has 1 atom stereocenters. The molecule has 1 rings (SSSR count). The van der Waals surface area contributed by atoms with E-state index >= 15 is 0 Å². The zero-order valence-electron chi connectivity index (χ0n) is 9.71. The Morgan fingerprint density at radius 2 is 2.06 bits per heavy atom. The summed E-state index contributed by atoms with van der Waals surface area (Å²) in [5.74, 6) is -0.402. The summed E-state index contributed by atoms with van der Waals surface area (Å²) in [7, 11) is -3.14. The number of nitrogens with zero attached hydrogens (tertiary/aromatic N) is 1. The van der Waals surface area contributed by atoms with E-state index in [2.05, 4.69) is 5.16 Å². The van der Waals surface area contributed by atoms with Crippen LogP contribution in [0.2, 0.25) is 0 Å². The fraction of sp³-hybridized carbons (Fsp3) is 0.364. The van der Waals surface area contributed by atoms with Crippen molar-refractivity contribution in [3.05, 3.63) is 30.1 Å². The zero-order valence-corrected chi connectivity index (χ0v) is 10.6. The Morgan fingerprint density at radius 1 is 1.47 bits per heavy atom. The molecule has 0 fully saturated rings. The molecule has 1 unspecified atom stereocenters. The van der Waals surface area contributed by atoms with Gasteiger partial charge in [0, 0.05) is 5.30 Å². The van der Waals surface area contributed by atoms with E-state index in [1.165, 1.54) is 24.3 Å². The Hall–Kier alpha value is -1.19. The van der Waals surface area contributed by atoms with Crippen molar-refractivity contribution < 1.29 is 18.7 Å². The van der Waals surface area contributed by atoms with Gasteiger partial charge in [-0.05, 0) is 38.1 Å². The van der Waals surface area contributed by atoms with Gasteiger partial charge in [0.15, 0.2) is 0 Å². The first kappa shape index (κ1) is 13.9. The number of oxime groups is 1. The van der Waals surface area contributed by atoms with E-state index in [1.54, 1.807) is 13.8 Å². The van der Waals surface area contributed by atoms with E-state index in [1.807, 2.05) is 0 Å². The lowest BCUT2D eigenvalue weighted by Crippen LogP contribution is -2.14. The highest BCUT2D eigenvalue weighted by molar-refractivity contribution is 7.67. The smallest absolute Gasteiger partial charge is 0.237 e. The average molecular weight is 259 g/mol. The van der Waals surface area contributed by atoms with Crippen molar-refractivity contribution >= 4 is 18.9 Å². The Labute approximate surface area is 99.6 Å². The van der Waals surface area contributed by atoms with E-state index < -0.39 is 13.2 Å². The summed E-state index contributed by atoms with van der Waals surface area (Å²) in [5.41, 5.74) is 0. The predicted molar refractivity (Wildman–Crippen MR) is 65.0 cm³/mol. The summed E-state index contributed by atoms with van der Waals surface area (Å²) in [6, 6.07) is 5.29. The van der Waals surface area contributed by atoms with Gasteiger partial charge in [0.25, 0.3) is 0 Å². The third-order valence-corrected chi connectivity index (χ3v) is 4.50. The molecule has 0 amide bonds. The maximum absolute atomic E-state index is 12.8. The van der Waals surface area contributed by atoms with Crippen molar-refractivity contribution in [2.24, 2.45) is 5.16 Å². The molecule has 0 heterocycles. The van der Waals surface area contributed by atoms with E-state index in [9.17, 15) is 8.96 Å². The molecular formula is C11H15FNO3P. The van der Waals surface area contributed by atoms with Crippen molar-refractivity contribution in [3.63, 3.8) is 0 Å². The van der Waals surface area contributed by atoms with Crippen molar-refractivity contribution in [1.29, 1.82) is 0 Å². The van der Waals surface area contributed by atoms with Crippen molar-refractivity contribution in [2.45, 2.75) is 20.0 Å². The minimum Gasteiger partial charge on any atom is -0.411 e. The van der Waals surface area contributed by atoms with E-state index in [0.29, 0.717) is 5.30 Å². The summed E-state index contributed by atoms with van der Waals surface area (Å²) < 4.78 is 30.7. The molecule has 0 aromatic heterocycles. The van der Waals surface area contributed by atoms with Crippen LogP contribution < -0.4 is 5.30 Å². The Morgan fingerprint density at radius 3 is 2.53 bits per heavy atom. The molecule has 94 valence electrons. The third-order valence-electron chi connectivity index (χ3n) is 2.00. The summed E-state index contributed by atoms with van der Waals surface area (Å²) >= 11 is 0. The molecule has 0 aliphatic heterocycles. The highest BCUT2D eigenvalue weighted by atomic mass is 31.2. The number of hydrogen-bond acceptors (Lipinski definition) is 4. The van der Waals surface area contributed by atoms with Crippen LogP contribution in [0.1, 0.15) is 13.8 Å². The first-order chi connectivity index (χ1) is 7.98. The van der Waals surface area contributed by atoms with E-state index in [0.717, 1.165) is 6.21 Å². The van der Waals surface area contributed by atoms with Gasteiger partial charge in [-0.1, -0.05) is 0 Å². The van der Waals surface area contributed by atoms with Gasteiger partial charge in [0.2, 0.25) is 7.37 Å². The zero-order chi connectivity index (χ0) is 12.9. The van der Waals surface area contributed by atoms with Crippen LogP contribution in [0.25, 0.3) is 0 Å². The van der Waals surface area contributed by atoms with Crippen LogP contribution in [0, 0.1) is 5.82 Å². The van der Waals surface area contributed by atoms with E-state index in [-0.39, 0.29) is 12.3 Å². The number of benzene rings is 1. The molecule has 6 heteroatoms. The molecule has 1 aromatic rings. The summed E-state index contributed by atoms with van der Waals surface area (Å²) in [5, 5.41) is 11.6. The highest BCUT2D eigenvalue weighted by Crippen LogP contribution is 2.46. The van der Waals surface area contributed by atoms with Gasteiger partial charge in [-0.3, -0.25) is 4.57 Å². The minimum atomic E-state index is -3.14. The summed E-state index contributed by atoms with van der Waals surface area (Å²) in [6.07, 6.45) is 0.859. The minimum absolute atomic E-state index is 0.0205. The lowest BCUT2D eigenvalue weighted by atomic mass is 10.4. The molecule has 4 nitrogen and oxygen atoms in total. The fourth-order valence-corrected chi connectivity index (χ4v) is 3.35. The number of rotatable bonds is 5. The molecule has 0 aliphatic carbocycles. The molecule has 1 aromatic carbocycles. The monoisotopic (exact) mass is 259 g/mol. The fourth-order valence-electron chi connectivity index (χ4n) is 1.36. The number of hydrogen-bond donors (Lipinski definition) is 1. The molecule has 0 radical (unpaired) electrons. The third kappa shape index (κ3) is 3.95. The summed E-state index contributed by atoms with van der Waals surface area (Å²) in [6.45, 7) is 3.51. The standard InChI is InChI=1S/C11H15FNO3P/c1-9(2)16-17(15,8-7-13-14)11-5-3-10(12)4-6-11/h3-7,9,14H,8H2,1-2H3/b13-7-. The first-order valence-corrected chi connectivity index (χ1v) is 6.98. The highest BCUT2D eigenvalue weighted by Gasteiger charge is 2.26. The van der Waals surface area contributed by atoms with Gasteiger partial charge < -0.3 is 9.73 Å².